The fourth-order valence-electron chi connectivity index (χ4n) is 3.55. The zero-order chi connectivity index (χ0) is 20.3. The third-order valence-electron chi connectivity index (χ3n) is 4.56. The van der Waals surface area contributed by atoms with Crippen LogP contribution in [-0.2, 0) is 14.3 Å². The highest BCUT2D eigenvalue weighted by molar-refractivity contribution is 7.15. The smallest absolute Gasteiger partial charge is 0.341 e. The van der Waals surface area contributed by atoms with Crippen molar-refractivity contribution in [3.8, 4) is 11.3 Å². The molecule has 0 aliphatic carbocycles. The summed E-state index contributed by atoms with van der Waals surface area (Å²) in [5.74, 6) is 0.731. The molecule has 2 unspecified atom stereocenters. The van der Waals surface area contributed by atoms with Gasteiger partial charge in [0, 0.05) is 10.9 Å². The highest BCUT2D eigenvalue weighted by Gasteiger charge is 2.29. The van der Waals surface area contributed by atoms with Gasteiger partial charge in [-0.05, 0) is 39.8 Å². The molecule has 0 bridgehead atoms. The maximum Gasteiger partial charge on any atom is 0.341 e. The number of amides is 1. The van der Waals surface area contributed by atoms with Crippen LogP contribution in [-0.4, -0.2) is 50.3 Å². The Kier molecular flexibility index (Phi) is 6.53. The van der Waals surface area contributed by atoms with Gasteiger partial charge in [0.2, 0.25) is 0 Å². The Morgan fingerprint density at radius 1 is 1.29 bits per heavy atom. The Hall–Kier alpha value is -2.16. The molecule has 7 nitrogen and oxygen atoms in total. The van der Waals surface area contributed by atoms with Gasteiger partial charge in [-0.3, -0.25) is 4.79 Å². The molecule has 2 aromatic rings. The van der Waals surface area contributed by atoms with Gasteiger partial charge in [0.25, 0.3) is 5.91 Å². The van der Waals surface area contributed by atoms with Crippen LogP contribution >= 0.6 is 11.3 Å². The van der Waals surface area contributed by atoms with E-state index >= 15 is 0 Å². The minimum absolute atomic E-state index is 0.122. The summed E-state index contributed by atoms with van der Waals surface area (Å²) in [5, 5.41) is 5.20. The molecule has 8 heteroatoms. The van der Waals surface area contributed by atoms with Crippen LogP contribution < -0.4 is 10.2 Å². The summed E-state index contributed by atoms with van der Waals surface area (Å²) in [6.45, 7) is 9.78. The van der Waals surface area contributed by atoms with Crippen LogP contribution in [0.2, 0.25) is 0 Å². The highest BCUT2D eigenvalue weighted by atomic mass is 32.1. The van der Waals surface area contributed by atoms with Crippen molar-refractivity contribution in [2.75, 3.05) is 31.6 Å². The molecule has 0 aromatic carbocycles. The topological polar surface area (TPSA) is 82.2 Å². The average molecular weight is 408 g/mol. The van der Waals surface area contributed by atoms with E-state index in [9.17, 15) is 9.59 Å². The van der Waals surface area contributed by atoms with Crippen molar-refractivity contribution in [2.45, 2.75) is 39.9 Å². The molecule has 1 saturated heterocycles. The first kappa shape index (κ1) is 20.6. The highest BCUT2D eigenvalue weighted by Crippen LogP contribution is 2.37. The summed E-state index contributed by atoms with van der Waals surface area (Å²) in [7, 11) is 0. The molecule has 1 aliphatic heterocycles. The van der Waals surface area contributed by atoms with Crippen molar-refractivity contribution < 1.29 is 28.4 Å². The Labute approximate surface area is 168 Å². The zero-order valence-corrected chi connectivity index (χ0v) is 17.5. The number of hydrogen-bond acceptors (Lipinski definition) is 6. The molecule has 1 amide bonds. The van der Waals surface area contributed by atoms with E-state index in [1.54, 1.807) is 6.92 Å². The lowest BCUT2D eigenvalue weighted by atomic mass is 10.1. The Morgan fingerprint density at radius 2 is 2.00 bits per heavy atom. The van der Waals surface area contributed by atoms with Crippen molar-refractivity contribution >= 4 is 28.2 Å². The summed E-state index contributed by atoms with van der Waals surface area (Å²) < 4.78 is 16.6. The number of morpholine rings is 1. The van der Waals surface area contributed by atoms with Crippen LogP contribution in [0.3, 0.4) is 0 Å². The Balaban J connectivity index is 1.78. The molecule has 3 rings (SSSR count). The molecule has 1 aliphatic rings. The molecule has 2 N–H and O–H groups in total. The number of carbonyl (C=O) groups is 2. The molecule has 28 heavy (non-hydrogen) atoms. The quantitative estimate of drug-likeness (QED) is 0.717. The van der Waals surface area contributed by atoms with Crippen LogP contribution in [0.25, 0.3) is 11.3 Å². The van der Waals surface area contributed by atoms with Gasteiger partial charge in [0.15, 0.2) is 6.54 Å². The standard InChI is InChI=1S/C20H26N2O5S/c1-5-25-20(24)18-15(16-7-6-12(2)27-16)11-28-19(18)21-17(23)10-22-8-13(3)26-14(4)9-22/h6-7,11,13-14H,5,8-10H2,1-4H3,(H,21,23)/p+1. The van der Waals surface area contributed by atoms with Gasteiger partial charge in [-0.2, -0.15) is 0 Å². The van der Waals surface area contributed by atoms with E-state index in [-0.39, 0.29) is 24.7 Å². The van der Waals surface area contributed by atoms with Gasteiger partial charge in [-0.25, -0.2) is 4.79 Å². The van der Waals surface area contributed by atoms with Gasteiger partial charge in [-0.15, -0.1) is 11.3 Å². The van der Waals surface area contributed by atoms with Crippen molar-refractivity contribution in [3.05, 3.63) is 28.8 Å². The first-order chi connectivity index (χ1) is 13.4. The van der Waals surface area contributed by atoms with E-state index in [0.717, 1.165) is 18.8 Å². The van der Waals surface area contributed by atoms with Crippen LogP contribution in [0.1, 0.15) is 36.9 Å². The molecule has 2 aromatic heterocycles. The number of furan rings is 1. The molecule has 152 valence electrons. The van der Waals surface area contributed by atoms with E-state index < -0.39 is 5.97 Å². The predicted octanol–water partition coefficient (Wildman–Crippen LogP) is 2.12. The number of thiophene rings is 1. The van der Waals surface area contributed by atoms with Crippen molar-refractivity contribution in [3.63, 3.8) is 0 Å². The molecule has 0 radical (unpaired) electrons. The van der Waals surface area contributed by atoms with Crippen molar-refractivity contribution in [1.82, 2.24) is 0 Å². The van der Waals surface area contributed by atoms with E-state index in [1.807, 2.05) is 38.3 Å². The van der Waals surface area contributed by atoms with Gasteiger partial charge in [0.1, 0.15) is 47.4 Å². The number of aryl methyl sites for hydroxylation is 1. The average Bonchev–Trinajstić information content (AvgIpc) is 3.20. The third-order valence-corrected chi connectivity index (χ3v) is 5.45. The van der Waals surface area contributed by atoms with E-state index in [2.05, 4.69) is 5.32 Å². The SMILES string of the molecule is CCOC(=O)c1c(-c2ccc(C)o2)csc1NC(=O)C[NH+]1CC(C)OC(C)C1. The third kappa shape index (κ3) is 4.81. The second kappa shape index (κ2) is 8.89. The number of hydrogen-bond donors (Lipinski definition) is 2. The largest absolute Gasteiger partial charge is 0.462 e. The Morgan fingerprint density at radius 3 is 2.61 bits per heavy atom. The summed E-state index contributed by atoms with van der Waals surface area (Å²) in [6, 6.07) is 3.65. The normalized spacial score (nSPS) is 22.1. The second-order valence-corrected chi connectivity index (χ2v) is 8.00. The van der Waals surface area contributed by atoms with E-state index in [1.165, 1.54) is 16.2 Å². The van der Waals surface area contributed by atoms with Crippen LogP contribution in [0, 0.1) is 6.92 Å². The number of rotatable bonds is 6. The summed E-state index contributed by atoms with van der Waals surface area (Å²) >= 11 is 1.30. The van der Waals surface area contributed by atoms with E-state index in [0.29, 0.717) is 28.4 Å². The molecular weight excluding hydrogens is 380 g/mol. The number of anilines is 1. The molecular formula is C20H27N2O5S+. The van der Waals surface area contributed by atoms with Crippen molar-refractivity contribution in [1.29, 1.82) is 0 Å². The fourth-order valence-corrected chi connectivity index (χ4v) is 4.50. The minimum atomic E-state index is -0.468. The van der Waals surface area contributed by atoms with Gasteiger partial charge >= 0.3 is 5.97 Å². The van der Waals surface area contributed by atoms with Gasteiger partial charge in [0.05, 0.1) is 6.61 Å². The Bertz CT molecular complexity index is 834. The lowest BCUT2D eigenvalue weighted by Gasteiger charge is -2.31. The molecule has 3 heterocycles. The minimum Gasteiger partial charge on any atom is -0.462 e. The predicted molar refractivity (Wildman–Crippen MR) is 107 cm³/mol. The van der Waals surface area contributed by atoms with Gasteiger partial charge < -0.3 is 24.1 Å². The zero-order valence-electron chi connectivity index (χ0n) is 16.7. The van der Waals surface area contributed by atoms with Crippen LogP contribution in [0.5, 0.6) is 0 Å². The summed E-state index contributed by atoms with van der Waals surface area (Å²) in [4.78, 5) is 26.4. The first-order valence-electron chi connectivity index (χ1n) is 9.51. The number of quaternary nitrogens is 1. The summed E-state index contributed by atoms with van der Waals surface area (Å²) in [5.41, 5.74) is 0.973. The number of nitrogens with one attached hydrogen (secondary N) is 2. The monoisotopic (exact) mass is 407 g/mol. The maximum absolute atomic E-state index is 12.6. The molecule has 1 fully saturated rings. The van der Waals surface area contributed by atoms with E-state index in [4.69, 9.17) is 13.9 Å². The summed E-state index contributed by atoms with van der Waals surface area (Å²) in [6.07, 6.45) is 0.245. The maximum atomic E-state index is 12.6. The molecule has 0 saturated carbocycles. The number of ether oxygens (including phenoxy) is 2. The number of carbonyl (C=O) groups excluding carboxylic acids is 2. The second-order valence-electron chi connectivity index (χ2n) is 7.12. The first-order valence-corrected chi connectivity index (χ1v) is 10.4. The van der Waals surface area contributed by atoms with Crippen LogP contribution in [0.4, 0.5) is 5.00 Å². The lowest BCUT2D eigenvalue weighted by molar-refractivity contribution is -0.907. The van der Waals surface area contributed by atoms with Gasteiger partial charge in [-0.1, -0.05) is 0 Å². The van der Waals surface area contributed by atoms with Crippen LogP contribution in [0.15, 0.2) is 21.9 Å². The van der Waals surface area contributed by atoms with Crippen molar-refractivity contribution in [2.24, 2.45) is 0 Å². The molecule has 2 atom stereocenters. The fraction of sp³-hybridized carbons (Fsp3) is 0.500. The number of esters is 1. The lowest BCUT2D eigenvalue weighted by Crippen LogP contribution is -3.16. The molecule has 0 spiro atoms.